The zero-order chi connectivity index (χ0) is 20.8. The monoisotopic (exact) mass is 407 g/mol. The second-order valence-corrected chi connectivity index (χ2v) is 8.08. The Morgan fingerprint density at radius 1 is 1.27 bits per heavy atom. The van der Waals surface area contributed by atoms with Crippen molar-refractivity contribution in [1.29, 1.82) is 0 Å². The molecule has 4 heterocycles. The normalized spacial score (nSPS) is 16.5. The Labute approximate surface area is 174 Å². The average molecular weight is 407 g/mol. The van der Waals surface area contributed by atoms with Crippen LogP contribution in [0.1, 0.15) is 34.5 Å². The van der Waals surface area contributed by atoms with Crippen molar-refractivity contribution in [2.45, 2.75) is 32.3 Å². The van der Waals surface area contributed by atoms with E-state index in [1.807, 2.05) is 25.1 Å². The molecule has 156 valence electrons. The van der Waals surface area contributed by atoms with Gasteiger partial charge >= 0.3 is 0 Å². The fraction of sp³-hybridized carbons (Fsp3) is 0.391. The van der Waals surface area contributed by atoms with Crippen LogP contribution in [0.3, 0.4) is 0 Å². The van der Waals surface area contributed by atoms with E-state index in [2.05, 4.69) is 11.0 Å². The van der Waals surface area contributed by atoms with Gasteiger partial charge in [-0.2, -0.15) is 0 Å². The highest BCUT2D eigenvalue weighted by Crippen LogP contribution is 2.34. The molecular formula is C23H25N3O4. The molecule has 0 amide bonds. The molecule has 0 bridgehead atoms. The molecule has 2 aliphatic heterocycles. The summed E-state index contributed by atoms with van der Waals surface area (Å²) in [6.45, 7) is 4.38. The van der Waals surface area contributed by atoms with Gasteiger partial charge in [0.05, 0.1) is 12.0 Å². The Hall–Kier alpha value is -3.22. The number of aldehydes is 1. The molecule has 1 N–H and O–H groups in total. The van der Waals surface area contributed by atoms with E-state index in [1.165, 1.54) is 10.1 Å². The number of aromatic hydroxyl groups is 1. The first kappa shape index (κ1) is 18.8. The van der Waals surface area contributed by atoms with E-state index in [9.17, 15) is 9.90 Å². The van der Waals surface area contributed by atoms with Crippen molar-refractivity contribution in [1.82, 2.24) is 9.55 Å². The van der Waals surface area contributed by atoms with Crippen LogP contribution in [0.2, 0.25) is 0 Å². The van der Waals surface area contributed by atoms with Gasteiger partial charge in [0, 0.05) is 45.5 Å². The van der Waals surface area contributed by atoms with Crippen molar-refractivity contribution in [3.8, 4) is 17.4 Å². The number of aryl methyl sites for hydroxylation is 1. The molecule has 7 nitrogen and oxygen atoms in total. The molecule has 1 aromatic carbocycles. The lowest BCUT2D eigenvalue weighted by Crippen LogP contribution is -2.39. The zero-order valence-electron chi connectivity index (χ0n) is 17.2. The lowest BCUT2D eigenvalue weighted by molar-refractivity contribution is 0.111. The van der Waals surface area contributed by atoms with Gasteiger partial charge in [0.1, 0.15) is 34.6 Å². The molecule has 7 heteroatoms. The van der Waals surface area contributed by atoms with E-state index in [0.717, 1.165) is 68.1 Å². The molecule has 30 heavy (non-hydrogen) atoms. The molecule has 0 saturated carbocycles. The molecule has 1 saturated heterocycles. The minimum Gasteiger partial charge on any atom is -0.494 e. The second-order valence-electron chi connectivity index (χ2n) is 8.08. The molecular weight excluding hydrogens is 382 g/mol. The standard InChI is InChI=1S/C23H25N3O4/c1-14-11-18-21(19(13-27)25(2)23(18)28)24-22(14)26-8-5-16(6-9-26)30-17-4-3-15-7-10-29-20(15)12-17/h3-4,11-13,16,28H,5-10H2,1-2H3. The average Bonchev–Trinajstić information content (AvgIpc) is 3.31. The fourth-order valence-corrected chi connectivity index (χ4v) is 4.48. The summed E-state index contributed by atoms with van der Waals surface area (Å²) in [6.07, 6.45) is 3.63. The van der Waals surface area contributed by atoms with Crippen molar-refractivity contribution < 1.29 is 19.4 Å². The number of piperidine rings is 1. The number of fused-ring (bicyclic) bond motifs is 2. The smallest absolute Gasteiger partial charge is 0.201 e. The molecule has 2 aliphatic rings. The Bertz CT molecular complexity index is 1130. The topological polar surface area (TPSA) is 76.8 Å². The van der Waals surface area contributed by atoms with Crippen molar-refractivity contribution in [3.63, 3.8) is 0 Å². The second kappa shape index (κ2) is 7.23. The molecule has 0 spiro atoms. The quantitative estimate of drug-likeness (QED) is 0.668. The Kier molecular flexibility index (Phi) is 4.53. The first-order valence-electron chi connectivity index (χ1n) is 10.4. The van der Waals surface area contributed by atoms with Gasteiger partial charge in [-0.15, -0.1) is 0 Å². The predicted octanol–water partition coefficient (Wildman–Crippen LogP) is 3.38. The number of carbonyl (C=O) groups excluding carboxylic acids is 1. The number of pyridine rings is 1. The maximum Gasteiger partial charge on any atom is 0.201 e. The maximum absolute atomic E-state index is 11.5. The van der Waals surface area contributed by atoms with Gasteiger partial charge < -0.3 is 24.0 Å². The van der Waals surface area contributed by atoms with Crippen LogP contribution in [0, 0.1) is 6.92 Å². The van der Waals surface area contributed by atoms with Crippen LogP contribution >= 0.6 is 0 Å². The molecule has 0 aliphatic carbocycles. The lowest BCUT2D eigenvalue weighted by atomic mass is 10.1. The minimum absolute atomic E-state index is 0.0692. The van der Waals surface area contributed by atoms with Crippen LogP contribution in [-0.4, -0.2) is 46.7 Å². The van der Waals surface area contributed by atoms with Crippen LogP contribution in [0.25, 0.3) is 10.9 Å². The number of hydrogen-bond acceptors (Lipinski definition) is 6. The van der Waals surface area contributed by atoms with Gasteiger partial charge in [0.2, 0.25) is 5.88 Å². The molecule has 0 radical (unpaired) electrons. The SMILES string of the molecule is Cc1cc2c(O)n(C)c(C=O)c2nc1N1CCC(Oc2ccc3c(c2)OCC3)CC1. The van der Waals surface area contributed by atoms with Crippen molar-refractivity contribution >= 4 is 23.0 Å². The summed E-state index contributed by atoms with van der Waals surface area (Å²) in [5, 5.41) is 10.9. The zero-order valence-corrected chi connectivity index (χ0v) is 17.2. The van der Waals surface area contributed by atoms with E-state index in [1.54, 1.807) is 7.05 Å². The lowest BCUT2D eigenvalue weighted by Gasteiger charge is -2.33. The number of hydrogen-bond donors (Lipinski definition) is 1. The number of anilines is 1. The van der Waals surface area contributed by atoms with Crippen LogP contribution in [-0.2, 0) is 13.5 Å². The van der Waals surface area contributed by atoms with E-state index in [-0.39, 0.29) is 12.0 Å². The van der Waals surface area contributed by atoms with Crippen LogP contribution < -0.4 is 14.4 Å². The third kappa shape index (κ3) is 3.05. The first-order chi connectivity index (χ1) is 14.5. The summed E-state index contributed by atoms with van der Waals surface area (Å²) >= 11 is 0. The Balaban J connectivity index is 1.32. The van der Waals surface area contributed by atoms with E-state index >= 15 is 0 Å². The highest BCUT2D eigenvalue weighted by atomic mass is 16.5. The summed E-state index contributed by atoms with van der Waals surface area (Å²) in [5.41, 5.74) is 3.16. The number of aromatic nitrogens is 2. The Morgan fingerprint density at radius 2 is 2.07 bits per heavy atom. The molecule has 5 rings (SSSR count). The number of rotatable bonds is 4. The number of nitrogens with zero attached hydrogens (tertiary/aromatic N) is 3. The van der Waals surface area contributed by atoms with Gasteiger partial charge in [0.25, 0.3) is 0 Å². The van der Waals surface area contributed by atoms with Gasteiger partial charge in [-0.25, -0.2) is 4.98 Å². The van der Waals surface area contributed by atoms with Crippen LogP contribution in [0.4, 0.5) is 5.82 Å². The van der Waals surface area contributed by atoms with Gasteiger partial charge in [-0.05, 0) is 30.2 Å². The van der Waals surface area contributed by atoms with Gasteiger partial charge in [-0.1, -0.05) is 6.07 Å². The van der Waals surface area contributed by atoms with Crippen molar-refractivity contribution in [2.75, 3.05) is 24.6 Å². The largest absolute Gasteiger partial charge is 0.494 e. The highest BCUT2D eigenvalue weighted by Gasteiger charge is 2.25. The van der Waals surface area contributed by atoms with E-state index in [4.69, 9.17) is 14.5 Å². The van der Waals surface area contributed by atoms with E-state index < -0.39 is 0 Å². The minimum atomic E-state index is 0.0692. The highest BCUT2D eigenvalue weighted by molar-refractivity contribution is 5.99. The molecule has 0 atom stereocenters. The number of benzene rings is 1. The molecule has 3 aromatic rings. The maximum atomic E-state index is 11.5. The Morgan fingerprint density at radius 3 is 2.83 bits per heavy atom. The fourth-order valence-electron chi connectivity index (χ4n) is 4.48. The number of carbonyl (C=O) groups is 1. The summed E-state index contributed by atoms with van der Waals surface area (Å²) in [6, 6.07) is 8.03. The third-order valence-electron chi connectivity index (χ3n) is 6.17. The summed E-state index contributed by atoms with van der Waals surface area (Å²) in [7, 11) is 1.67. The summed E-state index contributed by atoms with van der Waals surface area (Å²) in [4.78, 5) is 18.5. The molecule has 0 unspecified atom stereocenters. The van der Waals surface area contributed by atoms with Crippen molar-refractivity contribution in [2.24, 2.45) is 7.05 Å². The van der Waals surface area contributed by atoms with Crippen LogP contribution in [0.5, 0.6) is 17.4 Å². The molecule has 2 aromatic heterocycles. The summed E-state index contributed by atoms with van der Waals surface area (Å²) in [5.74, 6) is 2.73. The van der Waals surface area contributed by atoms with Crippen LogP contribution in [0.15, 0.2) is 24.3 Å². The van der Waals surface area contributed by atoms with Crippen molar-refractivity contribution in [3.05, 3.63) is 41.1 Å². The summed E-state index contributed by atoms with van der Waals surface area (Å²) < 4.78 is 13.3. The predicted molar refractivity (Wildman–Crippen MR) is 114 cm³/mol. The first-order valence-corrected chi connectivity index (χ1v) is 10.4. The third-order valence-corrected chi connectivity index (χ3v) is 6.17. The van der Waals surface area contributed by atoms with Gasteiger partial charge in [-0.3, -0.25) is 4.79 Å². The molecule has 1 fully saturated rings. The van der Waals surface area contributed by atoms with E-state index in [0.29, 0.717) is 16.6 Å². The number of ether oxygens (including phenoxy) is 2. The van der Waals surface area contributed by atoms with Gasteiger partial charge in [0.15, 0.2) is 6.29 Å².